The van der Waals surface area contributed by atoms with Gasteiger partial charge in [0.2, 0.25) is 5.95 Å². The minimum absolute atomic E-state index is 0.0992. The summed E-state index contributed by atoms with van der Waals surface area (Å²) in [6.45, 7) is 5.37. The van der Waals surface area contributed by atoms with Gasteiger partial charge in [0.1, 0.15) is 0 Å². The van der Waals surface area contributed by atoms with Crippen LogP contribution < -0.4 is 10.2 Å². The summed E-state index contributed by atoms with van der Waals surface area (Å²) in [7, 11) is -1.12. The zero-order valence-electron chi connectivity index (χ0n) is 13.8. The van der Waals surface area contributed by atoms with E-state index in [1.165, 1.54) is 12.3 Å². The van der Waals surface area contributed by atoms with E-state index in [4.69, 9.17) is 0 Å². The largest absolute Gasteiger partial charge is 0.345 e. The van der Waals surface area contributed by atoms with Gasteiger partial charge in [0.05, 0.1) is 23.1 Å². The summed E-state index contributed by atoms with van der Waals surface area (Å²) in [6.07, 6.45) is 3.00. The molecule has 0 bridgehead atoms. The van der Waals surface area contributed by atoms with Crippen molar-refractivity contribution in [3.63, 3.8) is 0 Å². The number of aromatic nitrogens is 2. The Hall–Kier alpha value is -2.00. The number of aryl methyl sites for hydroxylation is 1. The molecule has 0 radical (unpaired) electrons. The van der Waals surface area contributed by atoms with E-state index >= 15 is 0 Å². The number of piperazine rings is 1. The van der Waals surface area contributed by atoms with E-state index in [1.54, 1.807) is 6.92 Å². The first-order chi connectivity index (χ1) is 11.3. The normalized spacial score (nSPS) is 23.4. The number of rotatable bonds is 3. The highest BCUT2D eigenvalue weighted by molar-refractivity contribution is 7.94. The van der Waals surface area contributed by atoms with Crippen LogP contribution in [0.4, 0.5) is 5.95 Å². The van der Waals surface area contributed by atoms with Crippen LogP contribution in [-0.4, -0.2) is 74.2 Å². The molecule has 3 rings (SSSR count). The molecule has 24 heavy (non-hydrogen) atoms. The van der Waals surface area contributed by atoms with Gasteiger partial charge in [-0.15, -0.1) is 0 Å². The maximum absolute atomic E-state index is 12.3. The molecule has 0 spiro atoms. The third-order valence-corrected chi connectivity index (χ3v) is 5.64. The van der Waals surface area contributed by atoms with Gasteiger partial charge in [-0.1, -0.05) is 0 Å². The van der Waals surface area contributed by atoms with Gasteiger partial charge in [-0.05, 0) is 20.0 Å². The number of carbonyl (C=O) groups is 1. The second-order valence-corrected chi connectivity index (χ2v) is 8.13. The van der Waals surface area contributed by atoms with Crippen molar-refractivity contribution in [2.24, 2.45) is 0 Å². The molecule has 8 nitrogen and oxygen atoms in total. The Kier molecular flexibility index (Phi) is 4.55. The number of sulfone groups is 1. The minimum atomic E-state index is -3.20. The van der Waals surface area contributed by atoms with Crippen molar-refractivity contribution >= 4 is 21.7 Å². The van der Waals surface area contributed by atoms with Crippen molar-refractivity contribution < 1.29 is 13.2 Å². The molecule has 1 unspecified atom stereocenters. The summed E-state index contributed by atoms with van der Waals surface area (Å²) in [4.78, 5) is 25.4. The molecule has 1 fully saturated rings. The number of hydrogen-bond donors (Lipinski definition) is 1. The molecule has 1 amide bonds. The average Bonchev–Trinajstić information content (AvgIpc) is 2.86. The Morgan fingerprint density at radius 2 is 2.00 bits per heavy atom. The van der Waals surface area contributed by atoms with Gasteiger partial charge in [-0.2, -0.15) is 0 Å². The number of carbonyl (C=O) groups excluding carboxylic acids is 1. The number of likely N-dealkylation sites (N-methyl/N-ethyl adjacent to an activating group) is 1. The summed E-state index contributed by atoms with van der Waals surface area (Å²) in [5.74, 6) is 0.169. The Bertz CT molecular complexity index is 769. The molecule has 2 aliphatic heterocycles. The molecule has 1 atom stereocenters. The third kappa shape index (κ3) is 3.73. The molecule has 0 saturated carbocycles. The Labute approximate surface area is 141 Å². The van der Waals surface area contributed by atoms with E-state index < -0.39 is 15.9 Å². The highest BCUT2D eigenvalue weighted by Crippen LogP contribution is 2.14. The lowest BCUT2D eigenvalue weighted by Crippen LogP contribution is -2.45. The number of amides is 1. The quantitative estimate of drug-likeness (QED) is 0.790. The van der Waals surface area contributed by atoms with Gasteiger partial charge >= 0.3 is 0 Å². The predicted molar refractivity (Wildman–Crippen MR) is 90.7 cm³/mol. The fourth-order valence-electron chi connectivity index (χ4n) is 2.75. The third-order valence-electron chi connectivity index (χ3n) is 4.24. The van der Waals surface area contributed by atoms with Crippen LogP contribution >= 0.6 is 0 Å². The molecule has 1 saturated heterocycles. The lowest BCUT2D eigenvalue weighted by molar-refractivity contribution is 0.0946. The smallest absolute Gasteiger partial charge is 0.255 e. The summed E-state index contributed by atoms with van der Waals surface area (Å²) in [5.41, 5.74) is 0.951. The first kappa shape index (κ1) is 16.8. The zero-order valence-corrected chi connectivity index (χ0v) is 14.6. The maximum Gasteiger partial charge on any atom is 0.255 e. The highest BCUT2D eigenvalue weighted by Gasteiger charge is 2.25. The van der Waals surface area contributed by atoms with Gasteiger partial charge < -0.3 is 15.1 Å². The second-order valence-electron chi connectivity index (χ2n) is 6.20. The molecule has 0 aromatic carbocycles. The van der Waals surface area contributed by atoms with Crippen molar-refractivity contribution in [1.82, 2.24) is 20.2 Å². The van der Waals surface area contributed by atoms with E-state index in [0.29, 0.717) is 17.2 Å². The predicted octanol–water partition coefficient (Wildman–Crippen LogP) is -0.423. The second kappa shape index (κ2) is 6.48. The van der Waals surface area contributed by atoms with Crippen molar-refractivity contribution in [2.75, 3.05) is 43.9 Å². The molecule has 3 heterocycles. The average molecular weight is 351 g/mol. The molecular weight excluding hydrogens is 330 g/mol. The molecule has 2 aliphatic rings. The van der Waals surface area contributed by atoms with Crippen LogP contribution in [-0.2, 0) is 9.84 Å². The lowest BCUT2D eigenvalue weighted by atomic mass is 10.2. The first-order valence-corrected chi connectivity index (χ1v) is 9.54. The van der Waals surface area contributed by atoms with Crippen molar-refractivity contribution in [3.8, 4) is 0 Å². The van der Waals surface area contributed by atoms with Gasteiger partial charge in [0.25, 0.3) is 5.91 Å². The highest BCUT2D eigenvalue weighted by atomic mass is 32.2. The van der Waals surface area contributed by atoms with E-state index in [1.807, 2.05) is 0 Å². The van der Waals surface area contributed by atoms with E-state index in [-0.39, 0.29) is 11.7 Å². The summed E-state index contributed by atoms with van der Waals surface area (Å²) in [6, 6.07) is -0.501. The van der Waals surface area contributed by atoms with Crippen LogP contribution in [0.5, 0.6) is 0 Å². The van der Waals surface area contributed by atoms with Crippen LogP contribution in [0, 0.1) is 6.92 Å². The number of nitrogens with one attached hydrogen (secondary N) is 1. The van der Waals surface area contributed by atoms with Crippen LogP contribution in [0.1, 0.15) is 16.1 Å². The maximum atomic E-state index is 12.3. The number of anilines is 1. The van der Waals surface area contributed by atoms with E-state index in [0.717, 1.165) is 31.6 Å². The van der Waals surface area contributed by atoms with Gasteiger partial charge in [0, 0.05) is 37.8 Å². The molecule has 9 heteroatoms. The Balaban J connectivity index is 1.68. The first-order valence-electron chi connectivity index (χ1n) is 7.83. The van der Waals surface area contributed by atoms with E-state index in [2.05, 4.69) is 32.1 Å². The SMILES string of the molecule is Cc1nc(N2CCN(C)CC2)ncc1C(=O)NC1C=CS(=O)(=O)C1. The Morgan fingerprint density at radius 3 is 2.58 bits per heavy atom. The van der Waals surface area contributed by atoms with E-state index in [9.17, 15) is 13.2 Å². The molecule has 1 N–H and O–H groups in total. The van der Waals surface area contributed by atoms with Crippen LogP contribution in [0.25, 0.3) is 0 Å². The van der Waals surface area contributed by atoms with Gasteiger partial charge in [0.15, 0.2) is 9.84 Å². The van der Waals surface area contributed by atoms with Crippen molar-refractivity contribution in [1.29, 1.82) is 0 Å². The summed E-state index contributed by atoms with van der Waals surface area (Å²) < 4.78 is 22.8. The zero-order chi connectivity index (χ0) is 17.3. The molecule has 130 valence electrons. The Morgan fingerprint density at radius 1 is 1.29 bits per heavy atom. The fraction of sp³-hybridized carbons (Fsp3) is 0.533. The molecule has 0 aliphatic carbocycles. The van der Waals surface area contributed by atoms with Crippen molar-refractivity contribution in [2.45, 2.75) is 13.0 Å². The number of hydrogen-bond acceptors (Lipinski definition) is 7. The topological polar surface area (TPSA) is 95.5 Å². The summed E-state index contributed by atoms with van der Waals surface area (Å²) in [5, 5.41) is 3.83. The molecular formula is C15H21N5O3S. The number of nitrogens with zero attached hydrogens (tertiary/aromatic N) is 4. The summed E-state index contributed by atoms with van der Waals surface area (Å²) >= 11 is 0. The monoisotopic (exact) mass is 351 g/mol. The molecule has 1 aromatic rings. The van der Waals surface area contributed by atoms with Crippen LogP contribution in [0.15, 0.2) is 17.7 Å². The van der Waals surface area contributed by atoms with Crippen LogP contribution in [0.3, 0.4) is 0 Å². The molecule has 1 aromatic heterocycles. The van der Waals surface area contributed by atoms with Gasteiger partial charge in [-0.3, -0.25) is 4.79 Å². The minimum Gasteiger partial charge on any atom is -0.345 e. The van der Waals surface area contributed by atoms with Crippen molar-refractivity contribution in [3.05, 3.63) is 28.9 Å². The fourth-order valence-corrected chi connectivity index (χ4v) is 3.98. The lowest BCUT2D eigenvalue weighted by Gasteiger charge is -2.32. The van der Waals surface area contributed by atoms with Crippen LogP contribution in [0.2, 0.25) is 0 Å². The van der Waals surface area contributed by atoms with Gasteiger partial charge in [-0.25, -0.2) is 18.4 Å². The standard InChI is InChI=1S/C15H21N5O3S/c1-11-13(14(21)18-12-3-8-24(22,23)10-12)9-16-15(17-11)20-6-4-19(2)5-7-20/h3,8-9,12H,4-7,10H2,1-2H3,(H,18,21).